The molecule has 0 amide bonds. The Balaban J connectivity index is 2.16. The second-order valence-electron chi connectivity index (χ2n) is 4.60. The van der Waals surface area contributed by atoms with E-state index in [0.29, 0.717) is 22.0 Å². The average molecular weight is 298 g/mol. The van der Waals surface area contributed by atoms with Crippen molar-refractivity contribution in [3.05, 3.63) is 76.8 Å². The highest BCUT2D eigenvalue weighted by atomic mass is 35.5. The van der Waals surface area contributed by atoms with E-state index in [9.17, 15) is 4.79 Å². The molecule has 1 heterocycles. The van der Waals surface area contributed by atoms with Crippen molar-refractivity contribution in [2.45, 2.75) is 6.92 Å². The molecule has 0 fully saturated rings. The van der Waals surface area contributed by atoms with Gasteiger partial charge in [0.25, 0.3) is 0 Å². The number of carbonyl (C=O) groups excluding carboxylic acids is 1. The van der Waals surface area contributed by atoms with Crippen LogP contribution in [0.4, 0.5) is 0 Å². The second-order valence-corrected chi connectivity index (χ2v) is 5.04. The van der Waals surface area contributed by atoms with Crippen LogP contribution in [0.3, 0.4) is 0 Å². The molecule has 2 aromatic carbocycles. The highest BCUT2D eigenvalue weighted by Crippen LogP contribution is 2.23. The van der Waals surface area contributed by atoms with Gasteiger partial charge < -0.3 is 0 Å². The van der Waals surface area contributed by atoms with Gasteiger partial charge in [-0.2, -0.15) is 0 Å². The van der Waals surface area contributed by atoms with Crippen LogP contribution in [-0.4, -0.2) is 20.5 Å². The van der Waals surface area contributed by atoms with Gasteiger partial charge in [0.15, 0.2) is 5.78 Å². The Hall–Kier alpha value is -2.46. The lowest BCUT2D eigenvalue weighted by Crippen LogP contribution is -2.08. The fourth-order valence-electron chi connectivity index (χ4n) is 2.17. The van der Waals surface area contributed by atoms with Gasteiger partial charge in [-0.15, -0.1) is 10.2 Å². The van der Waals surface area contributed by atoms with Crippen LogP contribution >= 0.6 is 11.6 Å². The maximum Gasteiger partial charge on any atom is 0.195 e. The van der Waals surface area contributed by atoms with Crippen LogP contribution in [0.5, 0.6) is 0 Å². The number of aryl methyl sites for hydroxylation is 1. The number of ketones is 1. The number of aromatic nitrogens is 3. The summed E-state index contributed by atoms with van der Waals surface area (Å²) in [5.41, 5.74) is 1.86. The molecule has 0 aliphatic carbocycles. The Morgan fingerprint density at radius 1 is 1.14 bits per heavy atom. The Bertz CT molecular complexity index is 796. The van der Waals surface area contributed by atoms with E-state index < -0.39 is 0 Å². The summed E-state index contributed by atoms with van der Waals surface area (Å²) >= 11 is 6.06. The van der Waals surface area contributed by atoms with Crippen molar-refractivity contribution in [3.8, 4) is 5.69 Å². The summed E-state index contributed by atoms with van der Waals surface area (Å²) in [4.78, 5) is 12.7. The number of hydrogen-bond donors (Lipinski definition) is 0. The Morgan fingerprint density at radius 3 is 2.57 bits per heavy atom. The summed E-state index contributed by atoms with van der Waals surface area (Å²) in [5.74, 6) is 0.626. The monoisotopic (exact) mass is 297 g/mol. The molecule has 0 aliphatic rings. The lowest BCUT2D eigenvalue weighted by atomic mass is 10.0. The highest BCUT2D eigenvalue weighted by molar-refractivity contribution is 6.31. The topological polar surface area (TPSA) is 47.8 Å². The van der Waals surface area contributed by atoms with Gasteiger partial charge in [0.2, 0.25) is 0 Å². The first-order valence-electron chi connectivity index (χ1n) is 6.43. The van der Waals surface area contributed by atoms with Gasteiger partial charge in [0, 0.05) is 16.1 Å². The van der Waals surface area contributed by atoms with Gasteiger partial charge in [0.1, 0.15) is 12.2 Å². The summed E-state index contributed by atoms with van der Waals surface area (Å²) in [5, 5.41) is 8.34. The van der Waals surface area contributed by atoms with E-state index in [4.69, 9.17) is 11.6 Å². The van der Waals surface area contributed by atoms with Crippen LogP contribution in [0, 0.1) is 6.92 Å². The van der Waals surface area contributed by atoms with E-state index in [0.717, 1.165) is 5.69 Å². The molecule has 0 spiro atoms. The normalized spacial score (nSPS) is 10.6. The molecule has 4 nitrogen and oxygen atoms in total. The fraction of sp³-hybridized carbons (Fsp3) is 0.0625. The minimum absolute atomic E-state index is 0.0822. The van der Waals surface area contributed by atoms with E-state index >= 15 is 0 Å². The maximum absolute atomic E-state index is 12.7. The predicted octanol–water partition coefficient (Wildman–Crippen LogP) is 3.46. The van der Waals surface area contributed by atoms with Crippen LogP contribution in [0.1, 0.15) is 21.7 Å². The summed E-state index contributed by atoms with van der Waals surface area (Å²) in [6.45, 7) is 1.83. The molecule has 0 radical (unpaired) electrons. The minimum Gasteiger partial charge on any atom is -0.289 e. The average Bonchev–Trinajstić information content (AvgIpc) is 2.93. The zero-order chi connectivity index (χ0) is 14.8. The van der Waals surface area contributed by atoms with Crippen LogP contribution < -0.4 is 0 Å². The van der Waals surface area contributed by atoms with Crippen molar-refractivity contribution >= 4 is 17.4 Å². The SMILES string of the molecule is Cc1nncn1-c1ccc(Cl)cc1C(=O)c1ccccc1. The van der Waals surface area contributed by atoms with Crippen molar-refractivity contribution < 1.29 is 4.79 Å². The molecule has 0 N–H and O–H groups in total. The van der Waals surface area contributed by atoms with Gasteiger partial charge in [-0.05, 0) is 25.1 Å². The summed E-state index contributed by atoms with van der Waals surface area (Å²) in [6, 6.07) is 14.3. The summed E-state index contributed by atoms with van der Waals surface area (Å²) in [6.07, 6.45) is 1.58. The molecule has 0 bridgehead atoms. The number of carbonyl (C=O) groups is 1. The number of hydrogen-bond acceptors (Lipinski definition) is 3. The van der Waals surface area contributed by atoms with Crippen molar-refractivity contribution in [1.82, 2.24) is 14.8 Å². The van der Waals surface area contributed by atoms with Gasteiger partial charge in [-0.25, -0.2) is 0 Å². The van der Waals surface area contributed by atoms with Gasteiger partial charge >= 0.3 is 0 Å². The van der Waals surface area contributed by atoms with Gasteiger partial charge in [0.05, 0.1) is 5.69 Å². The third-order valence-electron chi connectivity index (χ3n) is 3.22. The van der Waals surface area contributed by atoms with Crippen molar-refractivity contribution in [3.63, 3.8) is 0 Å². The molecule has 104 valence electrons. The maximum atomic E-state index is 12.7. The molecule has 0 unspecified atom stereocenters. The Kier molecular flexibility index (Phi) is 3.54. The van der Waals surface area contributed by atoms with E-state index in [1.807, 2.05) is 25.1 Å². The number of benzene rings is 2. The molecule has 21 heavy (non-hydrogen) atoms. The quantitative estimate of drug-likeness (QED) is 0.696. The molecular weight excluding hydrogens is 286 g/mol. The van der Waals surface area contributed by atoms with Crippen LogP contribution in [-0.2, 0) is 0 Å². The molecule has 3 aromatic rings. The standard InChI is InChI=1S/C16H12ClN3O/c1-11-19-18-10-20(11)15-8-7-13(17)9-14(15)16(21)12-5-3-2-4-6-12/h2-10H,1H3. The van der Waals surface area contributed by atoms with E-state index in [1.165, 1.54) is 0 Å². The van der Waals surface area contributed by atoms with E-state index in [1.54, 1.807) is 41.2 Å². The Labute approximate surface area is 127 Å². The molecule has 3 rings (SSSR count). The largest absolute Gasteiger partial charge is 0.289 e. The molecule has 0 atom stereocenters. The third kappa shape index (κ3) is 2.58. The number of nitrogens with zero attached hydrogens (tertiary/aromatic N) is 3. The predicted molar refractivity (Wildman–Crippen MR) is 81.0 cm³/mol. The first kappa shape index (κ1) is 13.5. The van der Waals surface area contributed by atoms with Crippen LogP contribution in [0.25, 0.3) is 5.69 Å². The van der Waals surface area contributed by atoms with E-state index in [-0.39, 0.29) is 5.78 Å². The molecule has 0 aliphatic heterocycles. The van der Waals surface area contributed by atoms with Crippen LogP contribution in [0.2, 0.25) is 5.02 Å². The third-order valence-corrected chi connectivity index (χ3v) is 3.45. The molecule has 0 saturated heterocycles. The lowest BCUT2D eigenvalue weighted by Gasteiger charge is -2.11. The zero-order valence-corrected chi connectivity index (χ0v) is 12.1. The number of halogens is 1. The van der Waals surface area contributed by atoms with Crippen molar-refractivity contribution in [2.75, 3.05) is 0 Å². The van der Waals surface area contributed by atoms with Gasteiger partial charge in [-0.3, -0.25) is 9.36 Å². The molecular formula is C16H12ClN3O. The summed E-state index contributed by atoms with van der Waals surface area (Å²) in [7, 11) is 0. The molecule has 1 aromatic heterocycles. The smallest absolute Gasteiger partial charge is 0.195 e. The van der Waals surface area contributed by atoms with Crippen LogP contribution in [0.15, 0.2) is 54.9 Å². The van der Waals surface area contributed by atoms with Gasteiger partial charge in [-0.1, -0.05) is 41.9 Å². The van der Waals surface area contributed by atoms with E-state index in [2.05, 4.69) is 10.2 Å². The second kappa shape index (κ2) is 5.50. The molecule has 5 heteroatoms. The minimum atomic E-state index is -0.0822. The summed E-state index contributed by atoms with van der Waals surface area (Å²) < 4.78 is 1.77. The lowest BCUT2D eigenvalue weighted by molar-refractivity contribution is 0.103. The number of rotatable bonds is 3. The fourth-order valence-corrected chi connectivity index (χ4v) is 2.35. The van der Waals surface area contributed by atoms with Crippen molar-refractivity contribution in [1.29, 1.82) is 0 Å². The zero-order valence-electron chi connectivity index (χ0n) is 11.3. The Morgan fingerprint density at radius 2 is 1.90 bits per heavy atom. The highest BCUT2D eigenvalue weighted by Gasteiger charge is 2.16. The first-order chi connectivity index (χ1) is 10.2. The molecule has 0 saturated carbocycles. The van der Waals surface area contributed by atoms with Crippen molar-refractivity contribution in [2.24, 2.45) is 0 Å². The first-order valence-corrected chi connectivity index (χ1v) is 6.81.